The molecule has 0 spiro atoms. The summed E-state index contributed by atoms with van der Waals surface area (Å²) in [4.78, 5) is 27.8. The number of nitrogens with zero attached hydrogens (tertiary/aromatic N) is 2. The third-order valence-corrected chi connectivity index (χ3v) is 6.32. The molecule has 4 rings (SSSR count). The van der Waals surface area contributed by atoms with Crippen LogP contribution in [0, 0.1) is 0 Å². The highest BCUT2D eigenvalue weighted by atomic mass is 35.5. The zero-order valence-corrected chi connectivity index (χ0v) is 14.6. The number of amides is 2. The Morgan fingerprint density at radius 2 is 1.83 bits per heavy atom. The van der Waals surface area contributed by atoms with Gasteiger partial charge in [-0.05, 0) is 23.8 Å². The molecule has 0 N–H and O–H groups in total. The van der Waals surface area contributed by atoms with E-state index in [1.54, 1.807) is 34.7 Å². The van der Waals surface area contributed by atoms with Crippen LogP contribution in [-0.2, 0) is 14.5 Å². The summed E-state index contributed by atoms with van der Waals surface area (Å²) >= 11 is 7.82. The molecule has 1 fully saturated rings. The first-order chi connectivity index (χ1) is 11.5. The smallest absolute Gasteiger partial charge is 0.246 e. The van der Waals surface area contributed by atoms with E-state index < -0.39 is 4.87 Å². The van der Waals surface area contributed by atoms with Crippen LogP contribution < -0.4 is 4.90 Å². The molecule has 0 bridgehead atoms. The van der Waals surface area contributed by atoms with E-state index in [1.807, 2.05) is 42.5 Å². The van der Waals surface area contributed by atoms with Gasteiger partial charge < -0.3 is 9.80 Å². The van der Waals surface area contributed by atoms with Crippen LogP contribution in [-0.4, -0.2) is 36.1 Å². The van der Waals surface area contributed by atoms with Crippen molar-refractivity contribution < 1.29 is 9.59 Å². The van der Waals surface area contributed by atoms with E-state index in [-0.39, 0.29) is 18.4 Å². The SMILES string of the molecule is CN1C(=O)CN2C(=O)CSC2(c2ccccc2)c2cc(Cl)ccc21. The summed E-state index contributed by atoms with van der Waals surface area (Å²) in [6.45, 7) is 0.0591. The minimum Gasteiger partial charge on any atom is -0.314 e. The molecule has 2 aliphatic rings. The molecule has 2 amide bonds. The Kier molecular flexibility index (Phi) is 3.58. The van der Waals surface area contributed by atoms with Gasteiger partial charge in [0.1, 0.15) is 11.4 Å². The Balaban J connectivity index is 2.07. The summed E-state index contributed by atoms with van der Waals surface area (Å²) < 4.78 is 0. The van der Waals surface area contributed by atoms with Gasteiger partial charge in [-0.2, -0.15) is 0 Å². The van der Waals surface area contributed by atoms with Crippen LogP contribution in [0.4, 0.5) is 5.69 Å². The predicted octanol–water partition coefficient (Wildman–Crippen LogP) is 3.09. The largest absolute Gasteiger partial charge is 0.314 e. The van der Waals surface area contributed by atoms with Gasteiger partial charge in [-0.1, -0.05) is 41.9 Å². The second-order valence-corrected chi connectivity index (χ2v) is 7.50. The van der Waals surface area contributed by atoms with Crippen molar-refractivity contribution in [3.05, 3.63) is 64.7 Å². The van der Waals surface area contributed by atoms with E-state index in [2.05, 4.69) is 0 Å². The van der Waals surface area contributed by atoms with Crippen molar-refractivity contribution in [1.29, 1.82) is 0 Å². The van der Waals surface area contributed by atoms with Crippen LogP contribution in [0.3, 0.4) is 0 Å². The van der Waals surface area contributed by atoms with Gasteiger partial charge in [-0.3, -0.25) is 9.59 Å². The first-order valence-corrected chi connectivity index (χ1v) is 8.97. The van der Waals surface area contributed by atoms with Gasteiger partial charge >= 0.3 is 0 Å². The standard InChI is InChI=1S/C18H15ClN2O2S/c1-20-15-8-7-13(19)9-14(15)18(12-5-3-2-4-6-12)21(10-16(20)22)17(23)11-24-18/h2-9H,10-11H2,1H3. The van der Waals surface area contributed by atoms with Crippen molar-refractivity contribution in [2.45, 2.75) is 4.87 Å². The quantitative estimate of drug-likeness (QED) is 0.786. The highest BCUT2D eigenvalue weighted by molar-refractivity contribution is 8.01. The highest BCUT2D eigenvalue weighted by Gasteiger charge is 2.53. The average molecular weight is 359 g/mol. The zero-order valence-electron chi connectivity index (χ0n) is 13.0. The van der Waals surface area contributed by atoms with Crippen LogP contribution in [0.15, 0.2) is 48.5 Å². The molecule has 2 heterocycles. The van der Waals surface area contributed by atoms with Crippen molar-refractivity contribution in [2.24, 2.45) is 0 Å². The van der Waals surface area contributed by atoms with E-state index in [4.69, 9.17) is 11.6 Å². The van der Waals surface area contributed by atoms with Crippen LogP contribution in [0.1, 0.15) is 11.1 Å². The number of halogens is 1. The molecule has 4 nitrogen and oxygen atoms in total. The molecule has 0 radical (unpaired) electrons. The average Bonchev–Trinajstić information content (AvgIpc) is 2.88. The maximum Gasteiger partial charge on any atom is 0.246 e. The first kappa shape index (κ1) is 15.5. The fraction of sp³-hybridized carbons (Fsp3) is 0.222. The van der Waals surface area contributed by atoms with Gasteiger partial charge in [0.2, 0.25) is 11.8 Å². The summed E-state index contributed by atoms with van der Waals surface area (Å²) in [7, 11) is 1.74. The van der Waals surface area contributed by atoms with Crippen molar-refractivity contribution in [3.63, 3.8) is 0 Å². The van der Waals surface area contributed by atoms with Crippen LogP contribution >= 0.6 is 23.4 Å². The molecule has 0 saturated carbocycles. The van der Waals surface area contributed by atoms with Crippen LogP contribution in [0.2, 0.25) is 5.02 Å². The third kappa shape index (κ3) is 2.08. The second-order valence-electron chi connectivity index (χ2n) is 5.89. The Labute approximate surface area is 149 Å². The number of hydrogen-bond acceptors (Lipinski definition) is 3. The van der Waals surface area contributed by atoms with E-state index in [9.17, 15) is 9.59 Å². The lowest BCUT2D eigenvalue weighted by Gasteiger charge is -2.37. The molecular formula is C18H15ClN2O2S. The summed E-state index contributed by atoms with van der Waals surface area (Å²) in [6.07, 6.45) is 0. The number of fused-ring (bicyclic) bond motifs is 3. The molecule has 0 aromatic heterocycles. The van der Waals surface area contributed by atoms with Gasteiger partial charge in [0.15, 0.2) is 0 Å². The van der Waals surface area contributed by atoms with Crippen molar-refractivity contribution in [1.82, 2.24) is 4.90 Å². The second kappa shape index (κ2) is 5.53. The lowest BCUT2D eigenvalue weighted by atomic mass is 9.95. The molecule has 1 saturated heterocycles. The highest BCUT2D eigenvalue weighted by Crippen LogP contribution is 2.54. The van der Waals surface area contributed by atoms with Gasteiger partial charge in [0, 0.05) is 17.6 Å². The Bertz CT molecular complexity index is 842. The lowest BCUT2D eigenvalue weighted by Crippen LogP contribution is -2.45. The molecule has 24 heavy (non-hydrogen) atoms. The molecular weight excluding hydrogens is 344 g/mol. The number of benzene rings is 2. The van der Waals surface area contributed by atoms with Crippen molar-refractivity contribution >= 4 is 40.9 Å². The van der Waals surface area contributed by atoms with E-state index in [1.165, 1.54) is 0 Å². The molecule has 1 unspecified atom stereocenters. The van der Waals surface area contributed by atoms with Gasteiger partial charge in [0.25, 0.3) is 0 Å². The minimum absolute atomic E-state index is 0.0292. The Hall–Kier alpha value is -1.98. The van der Waals surface area contributed by atoms with Crippen molar-refractivity contribution in [2.75, 3.05) is 24.2 Å². The monoisotopic (exact) mass is 358 g/mol. The van der Waals surface area contributed by atoms with Crippen LogP contribution in [0.5, 0.6) is 0 Å². The Morgan fingerprint density at radius 3 is 2.58 bits per heavy atom. The molecule has 122 valence electrons. The topological polar surface area (TPSA) is 40.6 Å². The number of hydrogen-bond donors (Lipinski definition) is 0. The number of thioether (sulfide) groups is 1. The van der Waals surface area contributed by atoms with Crippen molar-refractivity contribution in [3.8, 4) is 0 Å². The maximum absolute atomic E-state index is 12.6. The number of rotatable bonds is 1. The fourth-order valence-electron chi connectivity index (χ4n) is 3.43. The maximum atomic E-state index is 12.6. The molecule has 6 heteroatoms. The molecule has 1 atom stereocenters. The number of carbonyl (C=O) groups is 2. The van der Waals surface area contributed by atoms with E-state index >= 15 is 0 Å². The molecule has 0 aliphatic carbocycles. The van der Waals surface area contributed by atoms with Gasteiger partial charge in [-0.15, -0.1) is 11.8 Å². The number of anilines is 1. The van der Waals surface area contributed by atoms with E-state index in [0.29, 0.717) is 10.8 Å². The Morgan fingerprint density at radius 1 is 1.08 bits per heavy atom. The summed E-state index contributed by atoms with van der Waals surface area (Å²) in [6, 6.07) is 15.3. The molecule has 2 aliphatic heterocycles. The lowest BCUT2D eigenvalue weighted by molar-refractivity contribution is -0.134. The van der Waals surface area contributed by atoms with E-state index in [0.717, 1.165) is 16.8 Å². The first-order valence-electron chi connectivity index (χ1n) is 7.60. The van der Waals surface area contributed by atoms with Gasteiger partial charge in [-0.25, -0.2) is 0 Å². The number of likely N-dealkylation sites (N-methyl/N-ethyl adjacent to an activating group) is 1. The number of carbonyl (C=O) groups excluding carboxylic acids is 2. The predicted molar refractivity (Wildman–Crippen MR) is 96.3 cm³/mol. The summed E-state index contributed by atoms with van der Waals surface area (Å²) in [5.41, 5.74) is 2.65. The molecule has 2 aromatic carbocycles. The van der Waals surface area contributed by atoms with Crippen LogP contribution in [0.25, 0.3) is 0 Å². The fourth-order valence-corrected chi connectivity index (χ4v) is 5.03. The zero-order chi connectivity index (χ0) is 16.9. The molecule has 2 aromatic rings. The summed E-state index contributed by atoms with van der Waals surface area (Å²) in [5.74, 6) is 0.211. The van der Waals surface area contributed by atoms with Gasteiger partial charge in [0.05, 0.1) is 11.4 Å². The normalized spacial score (nSPS) is 23.1. The summed E-state index contributed by atoms with van der Waals surface area (Å²) in [5, 5.41) is 0.590. The minimum atomic E-state index is -0.723. The third-order valence-electron chi connectivity index (χ3n) is 4.60.